The first-order valence-corrected chi connectivity index (χ1v) is 10.1. The van der Waals surface area contributed by atoms with Gasteiger partial charge in [0.1, 0.15) is 5.75 Å². The zero-order valence-electron chi connectivity index (χ0n) is 15.2. The number of aliphatic hydroxyl groups is 1. The summed E-state index contributed by atoms with van der Waals surface area (Å²) in [6.45, 7) is 4.86. The maximum atomic E-state index is 10.7. The number of aliphatic hydroxyl groups excluding tert-OH is 1. The van der Waals surface area contributed by atoms with Gasteiger partial charge in [-0.1, -0.05) is 32.8 Å². The Morgan fingerprint density at radius 3 is 2.79 bits per heavy atom. The van der Waals surface area contributed by atoms with E-state index in [4.69, 9.17) is 0 Å². The van der Waals surface area contributed by atoms with Crippen LogP contribution in [0.15, 0.2) is 18.2 Å². The molecule has 1 aromatic rings. The summed E-state index contributed by atoms with van der Waals surface area (Å²) in [5, 5.41) is 20.5. The average Bonchev–Trinajstić information content (AvgIpc) is 2.90. The number of fused-ring (bicyclic) bond motifs is 5. The van der Waals surface area contributed by atoms with Crippen LogP contribution in [0.4, 0.5) is 0 Å². The lowest BCUT2D eigenvalue weighted by atomic mass is 9.53. The fraction of sp³-hybridized carbons (Fsp3) is 0.727. The Hall–Kier alpha value is -1.02. The van der Waals surface area contributed by atoms with Crippen molar-refractivity contribution in [3.63, 3.8) is 0 Å². The smallest absolute Gasteiger partial charge is 0.115 e. The molecule has 0 radical (unpaired) electrons. The Morgan fingerprint density at radius 1 is 1.17 bits per heavy atom. The van der Waals surface area contributed by atoms with Crippen LogP contribution in [0.3, 0.4) is 0 Å². The van der Waals surface area contributed by atoms with Gasteiger partial charge >= 0.3 is 0 Å². The number of rotatable bonds is 3. The molecule has 3 aliphatic rings. The van der Waals surface area contributed by atoms with Crippen LogP contribution in [0.1, 0.15) is 88.4 Å². The normalized spacial score (nSPS) is 40.7. The van der Waals surface area contributed by atoms with Crippen molar-refractivity contribution in [2.45, 2.75) is 77.2 Å². The van der Waals surface area contributed by atoms with Gasteiger partial charge in [0.15, 0.2) is 0 Å². The number of unbranched alkanes of at least 4 members (excludes halogenated alkanes) is 1. The lowest BCUT2D eigenvalue weighted by molar-refractivity contribution is -0.00359. The van der Waals surface area contributed by atoms with Gasteiger partial charge in [-0.3, -0.25) is 0 Å². The Labute approximate surface area is 146 Å². The SMILES string of the molecule is CCCC[C@H]1CC[C@H]2[C@@H]3C[C@@H](O)c4cc(O)ccc4[C@H]3CC[C@]12C. The molecule has 0 amide bonds. The van der Waals surface area contributed by atoms with Crippen LogP contribution in [0.25, 0.3) is 0 Å². The summed E-state index contributed by atoms with van der Waals surface area (Å²) in [4.78, 5) is 0. The van der Waals surface area contributed by atoms with E-state index in [1.807, 2.05) is 0 Å². The summed E-state index contributed by atoms with van der Waals surface area (Å²) in [5.41, 5.74) is 2.79. The summed E-state index contributed by atoms with van der Waals surface area (Å²) in [6, 6.07) is 5.68. The van der Waals surface area contributed by atoms with Gasteiger partial charge in [-0.25, -0.2) is 0 Å². The number of hydrogen-bond acceptors (Lipinski definition) is 2. The molecule has 0 aromatic heterocycles. The fourth-order valence-electron chi connectivity index (χ4n) is 6.61. The van der Waals surface area contributed by atoms with E-state index in [0.29, 0.717) is 17.3 Å². The highest BCUT2D eigenvalue weighted by Crippen LogP contribution is 2.64. The van der Waals surface area contributed by atoms with Crippen molar-refractivity contribution < 1.29 is 10.2 Å². The second-order valence-electron chi connectivity index (χ2n) is 8.90. The zero-order chi connectivity index (χ0) is 16.9. The second kappa shape index (κ2) is 6.05. The van der Waals surface area contributed by atoms with Crippen LogP contribution in [-0.4, -0.2) is 10.2 Å². The molecular weight excluding hydrogens is 296 g/mol. The minimum Gasteiger partial charge on any atom is -0.508 e. The minimum absolute atomic E-state index is 0.285. The Kier molecular flexibility index (Phi) is 4.15. The van der Waals surface area contributed by atoms with Gasteiger partial charge < -0.3 is 10.2 Å². The van der Waals surface area contributed by atoms with Gasteiger partial charge in [0.25, 0.3) is 0 Å². The van der Waals surface area contributed by atoms with Gasteiger partial charge in [0.2, 0.25) is 0 Å². The number of phenols is 1. The number of hydrogen-bond donors (Lipinski definition) is 2. The van der Waals surface area contributed by atoms with Gasteiger partial charge in [0.05, 0.1) is 6.10 Å². The molecule has 0 aliphatic heterocycles. The monoisotopic (exact) mass is 328 g/mol. The number of benzene rings is 1. The fourth-order valence-corrected chi connectivity index (χ4v) is 6.61. The maximum Gasteiger partial charge on any atom is 0.115 e. The molecule has 6 atom stereocenters. The topological polar surface area (TPSA) is 40.5 Å². The summed E-state index contributed by atoms with van der Waals surface area (Å²) in [7, 11) is 0. The third-order valence-electron chi connectivity index (χ3n) is 7.86. The highest BCUT2D eigenvalue weighted by atomic mass is 16.3. The summed E-state index contributed by atoms with van der Waals surface area (Å²) in [5.74, 6) is 3.17. The lowest BCUT2D eigenvalue weighted by Gasteiger charge is -2.52. The first kappa shape index (κ1) is 16.4. The molecule has 0 bridgehead atoms. The van der Waals surface area contributed by atoms with Crippen LogP contribution < -0.4 is 0 Å². The highest BCUT2D eigenvalue weighted by Gasteiger charge is 2.55. The molecule has 0 spiro atoms. The van der Waals surface area contributed by atoms with Crippen LogP contribution in [0.5, 0.6) is 5.75 Å². The van der Waals surface area contributed by atoms with E-state index in [-0.39, 0.29) is 5.75 Å². The molecule has 0 heterocycles. The molecule has 24 heavy (non-hydrogen) atoms. The molecule has 132 valence electrons. The van der Waals surface area contributed by atoms with Crippen molar-refractivity contribution in [2.24, 2.45) is 23.2 Å². The number of aromatic hydroxyl groups is 1. The summed E-state index contributed by atoms with van der Waals surface area (Å²) >= 11 is 0. The Balaban J connectivity index is 1.63. The van der Waals surface area contributed by atoms with Crippen molar-refractivity contribution in [1.29, 1.82) is 0 Å². The van der Waals surface area contributed by atoms with Crippen molar-refractivity contribution in [1.82, 2.24) is 0 Å². The van der Waals surface area contributed by atoms with E-state index in [1.54, 1.807) is 12.1 Å². The Bertz CT molecular complexity index is 610. The molecule has 4 rings (SSSR count). The predicted molar refractivity (Wildman–Crippen MR) is 97.0 cm³/mol. The largest absolute Gasteiger partial charge is 0.508 e. The molecule has 0 saturated heterocycles. The molecule has 2 N–H and O–H groups in total. The van der Waals surface area contributed by atoms with E-state index in [1.165, 1.54) is 50.5 Å². The van der Waals surface area contributed by atoms with E-state index in [2.05, 4.69) is 19.9 Å². The van der Waals surface area contributed by atoms with Gasteiger partial charge in [-0.2, -0.15) is 0 Å². The lowest BCUT2D eigenvalue weighted by Crippen LogP contribution is -2.43. The van der Waals surface area contributed by atoms with E-state index in [9.17, 15) is 10.2 Å². The van der Waals surface area contributed by atoms with Crippen LogP contribution >= 0.6 is 0 Å². The first-order valence-electron chi connectivity index (χ1n) is 10.1. The van der Waals surface area contributed by atoms with Gasteiger partial charge in [-0.05, 0) is 90.9 Å². The van der Waals surface area contributed by atoms with E-state index >= 15 is 0 Å². The number of phenolic OH excluding ortho intramolecular Hbond substituents is 1. The highest BCUT2D eigenvalue weighted by molar-refractivity contribution is 5.41. The van der Waals surface area contributed by atoms with Crippen molar-refractivity contribution >= 4 is 0 Å². The summed E-state index contributed by atoms with van der Waals surface area (Å²) in [6.07, 6.45) is 9.90. The van der Waals surface area contributed by atoms with Crippen molar-refractivity contribution in [2.75, 3.05) is 0 Å². The molecule has 0 unspecified atom stereocenters. The molecule has 2 fully saturated rings. The maximum absolute atomic E-state index is 10.7. The second-order valence-corrected chi connectivity index (χ2v) is 8.90. The summed E-state index contributed by atoms with van der Waals surface area (Å²) < 4.78 is 0. The standard InChI is InChI=1S/C22H32O2/c1-3-4-5-14-6-9-20-18-13-21(24)19-12-15(23)7-8-16(19)17(18)10-11-22(14,20)2/h7-8,12,14,17-18,20-21,23-24H,3-6,9-11,13H2,1-2H3/t14-,17+,18+,20-,21+,22+/m0/s1. The average molecular weight is 328 g/mol. The molecule has 2 heteroatoms. The van der Waals surface area contributed by atoms with Crippen molar-refractivity contribution in [3.05, 3.63) is 29.3 Å². The molecular formula is C22H32O2. The third kappa shape index (κ3) is 2.41. The van der Waals surface area contributed by atoms with Crippen molar-refractivity contribution in [3.8, 4) is 5.75 Å². The molecule has 1 aromatic carbocycles. The minimum atomic E-state index is -0.398. The Morgan fingerprint density at radius 2 is 2.00 bits per heavy atom. The quantitative estimate of drug-likeness (QED) is 0.764. The van der Waals surface area contributed by atoms with E-state index < -0.39 is 6.10 Å². The van der Waals surface area contributed by atoms with Crippen LogP contribution in [0, 0.1) is 23.2 Å². The first-order chi connectivity index (χ1) is 11.5. The van der Waals surface area contributed by atoms with Gasteiger partial charge in [0, 0.05) is 0 Å². The molecule has 2 nitrogen and oxygen atoms in total. The van der Waals surface area contributed by atoms with Crippen LogP contribution in [-0.2, 0) is 0 Å². The van der Waals surface area contributed by atoms with E-state index in [0.717, 1.165) is 23.8 Å². The van der Waals surface area contributed by atoms with Gasteiger partial charge in [-0.15, -0.1) is 0 Å². The zero-order valence-corrected chi connectivity index (χ0v) is 15.2. The van der Waals surface area contributed by atoms with Crippen LogP contribution in [0.2, 0.25) is 0 Å². The predicted octanol–water partition coefficient (Wildman–Crippen LogP) is 5.55. The third-order valence-corrected chi connectivity index (χ3v) is 7.86. The molecule has 3 aliphatic carbocycles. The molecule has 2 saturated carbocycles.